The minimum atomic E-state index is -0.555. The van der Waals surface area contributed by atoms with Gasteiger partial charge in [-0.05, 0) is 56.2 Å². The molecule has 9 heteroatoms. The second-order valence-corrected chi connectivity index (χ2v) is 8.55. The second-order valence-electron chi connectivity index (χ2n) is 8.55. The zero-order valence-electron chi connectivity index (χ0n) is 18.0. The van der Waals surface area contributed by atoms with Gasteiger partial charge in [-0.3, -0.25) is 29.0 Å². The fraction of sp³-hybridized carbons (Fsp3) is 0.333. The first kappa shape index (κ1) is 24.1. The fourth-order valence-electron chi connectivity index (χ4n) is 5.00. The summed E-state index contributed by atoms with van der Waals surface area (Å²) in [6.45, 7) is 2.00. The van der Waals surface area contributed by atoms with Gasteiger partial charge >= 0.3 is 0 Å². The first-order valence-corrected chi connectivity index (χ1v) is 16.8. The summed E-state index contributed by atoms with van der Waals surface area (Å²) < 4.78 is 5.82. The number of aryl methyl sites for hydroxylation is 1. The van der Waals surface area contributed by atoms with Crippen LogP contribution in [0.4, 0.5) is 5.69 Å². The van der Waals surface area contributed by atoms with Crippen LogP contribution in [0.1, 0.15) is 18.4 Å². The highest BCUT2D eigenvalue weighted by Gasteiger charge is 2.59. The molecule has 0 radical (unpaired) electrons. The van der Waals surface area contributed by atoms with E-state index in [1.165, 1.54) is 11.9 Å². The SMILES string of the molecule is Cc1ccc(Oc2ccc(N3C(=O)C4CC5C(=O)N(C)C(=O)C5CC4C3=O)cc2)cc1.II. The third-order valence-electron chi connectivity index (χ3n) is 6.71. The molecule has 0 N–H and O–H groups in total. The fourth-order valence-corrected chi connectivity index (χ4v) is 5.00. The van der Waals surface area contributed by atoms with Crippen LogP contribution in [0.3, 0.4) is 0 Å². The Kier molecular flexibility index (Phi) is 7.08. The number of nitrogens with zero attached hydrogens (tertiary/aromatic N) is 2. The molecule has 5 rings (SSSR count). The summed E-state index contributed by atoms with van der Waals surface area (Å²) in [5, 5.41) is 0. The van der Waals surface area contributed by atoms with Crippen LogP contribution in [-0.4, -0.2) is 35.6 Å². The molecule has 2 saturated heterocycles. The molecule has 1 aliphatic carbocycles. The van der Waals surface area contributed by atoms with Gasteiger partial charge in [0.05, 0.1) is 29.4 Å². The van der Waals surface area contributed by atoms with Crippen LogP contribution in [-0.2, 0) is 19.2 Å². The molecule has 1 saturated carbocycles. The second kappa shape index (κ2) is 9.69. The van der Waals surface area contributed by atoms with E-state index in [1.807, 2.05) is 31.2 Å². The number of hydrogen-bond acceptors (Lipinski definition) is 5. The van der Waals surface area contributed by atoms with Crippen molar-refractivity contribution in [2.75, 3.05) is 11.9 Å². The Hall–Kier alpha value is -2.02. The Balaban J connectivity index is 0.00000126. The summed E-state index contributed by atoms with van der Waals surface area (Å²) in [6.07, 6.45) is 0.500. The molecule has 4 atom stereocenters. The van der Waals surface area contributed by atoms with Gasteiger partial charge in [-0.15, -0.1) is 0 Å². The number of rotatable bonds is 3. The lowest BCUT2D eigenvalue weighted by Crippen LogP contribution is -2.35. The molecule has 2 aliphatic heterocycles. The number of anilines is 1. The molecule has 33 heavy (non-hydrogen) atoms. The van der Waals surface area contributed by atoms with Gasteiger partial charge in [-0.2, -0.15) is 0 Å². The number of halogens is 2. The van der Waals surface area contributed by atoms with E-state index in [0.717, 1.165) is 10.5 Å². The van der Waals surface area contributed by atoms with Gasteiger partial charge < -0.3 is 4.74 Å². The van der Waals surface area contributed by atoms with Gasteiger partial charge in [0.2, 0.25) is 23.6 Å². The van der Waals surface area contributed by atoms with E-state index in [-0.39, 0.29) is 36.5 Å². The molecule has 172 valence electrons. The summed E-state index contributed by atoms with van der Waals surface area (Å²) in [5.41, 5.74) is 1.61. The lowest BCUT2D eigenvalue weighted by atomic mass is 9.70. The minimum absolute atomic E-state index is 0.246. The maximum absolute atomic E-state index is 13.1. The van der Waals surface area contributed by atoms with Gasteiger partial charge in [0.15, 0.2) is 0 Å². The molecule has 3 fully saturated rings. The summed E-state index contributed by atoms with van der Waals surface area (Å²) in [5.74, 6) is -1.90. The number of fused-ring (bicyclic) bond motifs is 2. The average Bonchev–Trinajstić information content (AvgIpc) is 3.21. The van der Waals surface area contributed by atoms with Crippen molar-refractivity contribution in [2.45, 2.75) is 19.8 Å². The Morgan fingerprint density at radius 1 is 0.697 bits per heavy atom. The van der Waals surface area contributed by atoms with Crippen LogP contribution in [0.5, 0.6) is 11.5 Å². The lowest BCUT2D eigenvalue weighted by Gasteiger charge is -2.28. The third kappa shape index (κ3) is 4.29. The van der Waals surface area contributed by atoms with Crippen LogP contribution >= 0.6 is 37.2 Å². The van der Waals surface area contributed by atoms with E-state index in [4.69, 9.17) is 4.74 Å². The van der Waals surface area contributed by atoms with Gasteiger partial charge in [0, 0.05) is 44.3 Å². The highest BCUT2D eigenvalue weighted by atomic mass is 128. The molecule has 2 aromatic carbocycles. The van der Waals surface area contributed by atoms with Crippen molar-refractivity contribution < 1.29 is 23.9 Å². The molecule has 0 bridgehead atoms. The zero-order chi connectivity index (χ0) is 23.9. The van der Waals surface area contributed by atoms with E-state index < -0.39 is 23.7 Å². The number of likely N-dealkylation sites (tertiary alicyclic amines) is 1. The predicted molar refractivity (Wildman–Crippen MR) is 139 cm³/mol. The molecular formula is C24H22I2N2O5. The van der Waals surface area contributed by atoms with Crippen LogP contribution < -0.4 is 9.64 Å². The van der Waals surface area contributed by atoms with Gasteiger partial charge in [-0.1, -0.05) is 17.7 Å². The highest BCUT2D eigenvalue weighted by Crippen LogP contribution is 2.48. The van der Waals surface area contributed by atoms with E-state index >= 15 is 0 Å². The van der Waals surface area contributed by atoms with Crippen molar-refractivity contribution >= 4 is 66.5 Å². The van der Waals surface area contributed by atoms with Crippen molar-refractivity contribution in [3.63, 3.8) is 0 Å². The first-order chi connectivity index (χ1) is 15.8. The molecule has 4 unspecified atom stereocenters. The van der Waals surface area contributed by atoms with E-state index in [1.54, 1.807) is 24.3 Å². The average molecular weight is 672 g/mol. The maximum atomic E-state index is 13.1. The van der Waals surface area contributed by atoms with Gasteiger partial charge in [-0.25, -0.2) is 0 Å². The topological polar surface area (TPSA) is 84.0 Å². The number of ether oxygens (including phenoxy) is 1. The van der Waals surface area contributed by atoms with E-state index in [2.05, 4.69) is 37.2 Å². The number of benzene rings is 2. The standard InChI is InChI=1S/C24H22N2O5.I2/c1-13-3-7-15(8-4-13)31-16-9-5-14(6-10-16)26-23(29)19-11-17-18(12-20(19)24(26)30)22(28)25(2)21(17)27;1-2/h3-10,17-20H,11-12H2,1-2H3;. The quantitative estimate of drug-likeness (QED) is 0.350. The number of carbonyl (C=O) groups excluding carboxylic acids is 4. The first-order valence-electron chi connectivity index (χ1n) is 10.5. The van der Waals surface area contributed by atoms with Gasteiger partial charge in [0.1, 0.15) is 11.5 Å². The monoisotopic (exact) mass is 672 g/mol. The smallest absolute Gasteiger partial charge is 0.237 e. The Morgan fingerprint density at radius 2 is 1.09 bits per heavy atom. The summed E-state index contributed by atoms with van der Waals surface area (Å²) >= 11 is 4.24. The van der Waals surface area contributed by atoms with Crippen molar-refractivity contribution in [2.24, 2.45) is 23.7 Å². The van der Waals surface area contributed by atoms with Crippen LogP contribution in [0, 0.1) is 30.6 Å². The normalized spacial score (nSPS) is 26.1. The Morgan fingerprint density at radius 3 is 1.55 bits per heavy atom. The van der Waals surface area contributed by atoms with Crippen LogP contribution in [0.25, 0.3) is 0 Å². The number of hydrogen-bond donors (Lipinski definition) is 0. The summed E-state index contributed by atoms with van der Waals surface area (Å²) in [6, 6.07) is 14.5. The molecular weight excluding hydrogens is 650 g/mol. The maximum Gasteiger partial charge on any atom is 0.237 e. The van der Waals surface area contributed by atoms with Crippen molar-refractivity contribution in [1.82, 2.24) is 4.90 Å². The number of amides is 4. The Bertz CT molecular complexity index is 1060. The van der Waals surface area contributed by atoms with Gasteiger partial charge in [0.25, 0.3) is 0 Å². The lowest BCUT2D eigenvalue weighted by molar-refractivity contribution is -0.138. The molecule has 4 amide bonds. The highest BCUT2D eigenvalue weighted by molar-refractivity contribution is 15.0. The summed E-state index contributed by atoms with van der Waals surface area (Å²) in [7, 11) is 1.47. The van der Waals surface area contributed by atoms with Crippen molar-refractivity contribution in [1.29, 1.82) is 0 Å². The third-order valence-corrected chi connectivity index (χ3v) is 6.71. The molecule has 2 aromatic rings. The Labute approximate surface area is 215 Å². The van der Waals surface area contributed by atoms with Crippen LogP contribution in [0.2, 0.25) is 0 Å². The van der Waals surface area contributed by atoms with Crippen LogP contribution in [0.15, 0.2) is 48.5 Å². The largest absolute Gasteiger partial charge is 0.457 e. The minimum Gasteiger partial charge on any atom is -0.457 e. The van der Waals surface area contributed by atoms with E-state index in [0.29, 0.717) is 17.2 Å². The van der Waals surface area contributed by atoms with Crippen molar-refractivity contribution in [3.8, 4) is 11.5 Å². The molecule has 0 aromatic heterocycles. The number of imide groups is 2. The molecule has 3 aliphatic rings. The molecule has 7 nitrogen and oxygen atoms in total. The molecule has 0 spiro atoms. The zero-order valence-corrected chi connectivity index (χ0v) is 22.3. The predicted octanol–water partition coefficient (Wildman–Crippen LogP) is 4.69. The van der Waals surface area contributed by atoms with Crippen molar-refractivity contribution in [3.05, 3.63) is 54.1 Å². The number of carbonyl (C=O) groups is 4. The van der Waals surface area contributed by atoms with E-state index in [9.17, 15) is 19.2 Å². The summed E-state index contributed by atoms with van der Waals surface area (Å²) in [4.78, 5) is 53.2. The molecule has 2 heterocycles.